The number of hydrogen-bond acceptors (Lipinski definition) is 3. The molecule has 0 aliphatic carbocycles. The first-order valence-corrected chi connectivity index (χ1v) is 5.25. The predicted molar refractivity (Wildman–Crippen MR) is 61.7 cm³/mol. The monoisotopic (exact) mass is 235 g/mol. The maximum atomic E-state index is 11.5. The summed E-state index contributed by atoms with van der Waals surface area (Å²) in [7, 11) is 3.09. The number of aromatic carboxylic acids is 1. The number of hydrogen-bond donors (Lipinski definition) is 1. The predicted octanol–water partition coefficient (Wildman–Crippen LogP) is 1.30. The molecule has 1 N–H and O–H groups in total. The van der Waals surface area contributed by atoms with Gasteiger partial charge >= 0.3 is 5.97 Å². The molecule has 1 aliphatic heterocycles. The zero-order valence-corrected chi connectivity index (χ0v) is 9.69. The number of carbonyl (C=O) groups excluding carboxylic acids is 1. The average Bonchev–Trinajstić information content (AvgIpc) is 2.32. The Hall–Kier alpha value is -2.04. The molecule has 1 aromatic carbocycles. The molecule has 0 saturated heterocycles. The van der Waals surface area contributed by atoms with Gasteiger partial charge in [-0.05, 0) is 24.1 Å². The number of nitrogens with zero attached hydrogens (tertiary/aromatic N) is 1. The molecule has 5 nitrogen and oxygen atoms in total. The Morgan fingerprint density at radius 3 is 2.71 bits per heavy atom. The number of rotatable bonds is 2. The molecule has 1 aliphatic rings. The van der Waals surface area contributed by atoms with Crippen LogP contribution >= 0.6 is 0 Å². The zero-order chi connectivity index (χ0) is 12.6. The molecule has 90 valence electrons. The van der Waals surface area contributed by atoms with Gasteiger partial charge in [-0.1, -0.05) is 0 Å². The molecular formula is C12H13NO4. The first-order valence-electron chi connectivity index (χ1n) is 5.25. The van der Waals surface area contributed by atoms with Gasteiger partial charge in [-0.3, -0.25) is 4.79 Å². The lowest BCUT2D eigenvalue weighted by atomic mass is 9.98. The molecule has 0 saturated carbocycles. The van der Waals surface area contributed by atoms with Crippen LogP contribution in [0.5, 0.6) is 5.75 Å². The summed E-state index contributed by atoms with van der Waals surface area (Å²) < 4.78 is 5.05. The van der Waals surface area contributed by atoms with Crippen molar-refractivity contribution in [2.45, 2.75) is 12.8 Å². The molecule has 0 radical (unpaired) electrons. The van der Waals surface area contributed by atoms with Crippen LogP contribution in [0.2, 0.25) is 0 Å². The van der Waals surface area contributed by atoms with Crippen LogP contribution < -0.4 is 9.64 Å². The summed E-state index contributed by atoms with van der Waals surface area (Å²) in [5.74, 6) is -0.728. The highest BCUT2D eigenvalue weighted by atomic mass is 16.5. The number of methoxy groups -OCH3 is 1. The summed E-state index contributed by atoms with van der Waals surface area (Å²) in [6, 6.07) is 3.19. The van der Waals surface area contributed by atoms with Crippen molar-refractivity contribution in [1.82, 2.24) is 0 Å². The van der Waals surface area contributed by atoms with Crippen LogP contribution in [0.1, 0.15) is 22.3 Å². The van der Waals surface area contributed by atoms with Crippen LogP contribution in [0, 0.1) is 0 Å². The van der Waals surface area contributed by atoms with Gasteiger partial charge in [0.05, 0.1) is 7.11 Å². The second kappa shape index (κ2) is 4.08. The van der Waals surface area contributed by atoms with E-state index >= 15 is 0 Å². The summed E-state index contributed by atoms with van der Waals surface area (Å²) in [4.78, 5) is 24.1. The third-order valence-corrected chi connectivity index (χ3v) is 2.97. The molecule has 5 heteroatoms. The largest absolute Gasteiger partial charge is 0.496 e. The maximum absolute atomic E-state index is 11.5. The van der Waals surface area contributed by atoms with Crippen molar-refractivity contribution < 1.29 is 19.4 Å². The average molecular weight is 235 g/mol. The molecule has 17 heavy (non-hydrogen) atoms. The third kappa shape index (κ3) is 1.84. The van der Waals surface area contributed by atoms with Crippen LogP contribution in [0.25, 0.3) is 0 Å². The third-order valence-electron chi connectivity index (χ3n) is 2.97. The van der Waals surface area contributed by atoms with E-state index in [1.807, 2.05) is 0 Å². The number of carboxylic acid groups (broad SMARTS) is 1. The molecule has 0 fully saturated rings. The lowest BCUT2D eigenvalue weighted by Gasteiger charge is -2.26. The Kier molecular flexibility index (Phi) is 2.75. The summed E-state index contributed by atoms with van der Waals surface area (Å²) in [6.07, 6.45) is 1.06. The minimum absolute atomic E-state index is 0.000921. The van der Waals surface area contributed by atoms with E-state index < -0.39 is 5.97 Å². The van der Waals surface area contributed by atoms with Crippen molar-refractivity contribution in [3.63, 3.8) is 0 Å². The zero-order valence-electron chi connectivity index (χ0n) is 9.69. The molecule has 0 bridgehead atoms. The first kappa shape index (κ1) is 11.4. The van der Waals surface area contributed by atoms with Crippen molar-refractivity contribution in [2.24, 2.45) is 0 Å². The second-order valence-corrected chi connectivity index (χ2v) is 3.94. The number of carbonyl (C=O) groups is 2. The van der Waals surface area contributed by atoms with E-state index in [1.165, 1.54) is 18.1 Å². The van der Waals surface area contributed by atoms with E-state index in [9.17, 15) is 9.59 Å². The Morgan fingerprint density at radius 1 is 1.41 bits per heavy atom. The molecular weight excluding hydrogens is 222 g/mol. The van der Waals surface area contributed by atoms with E-state index in [-0.39, 0.29) is 11.5 Å². The fourth-order valence-corrected chi connectivity index (χ4v) is 2.00. The fourth-order valence-electron chi connectivity index (χ4n) is 2.00. The Balaban J connectivity index is 2.59. The number of anilines is 1. The number of carboxylic acids is 1. The molecule has 0 unspecified atom stereocenters. The van der Waals surface area contributed by atoms with E-state index in [1.54, 1.807) is 13.1 Å². The van der Waals surface area contributed by atoms with Crippen LogP contribution in [-0.2, 0) is 11.2 Å². The van der Waals surface area contributed by atoms with E-state index in [0.29, 0.717) is 24.3 Å². The van der Waals surface area contributed by atoms with Crippen molar-refractivity contribution in [2.75, 3.05) is 19.1 Å². The Morgan fingerprint density at radius 2 is 2.12 bits per heavy atom. The molecule has 0 spiro atoms. The van der Waals surface area contributed by atoms with Crippen LogP contribution in [0.4, 0.5) is 5.69 Å². The van der Waals surface area contributed by atoms with Crippen molar-refractivity contribution in [3.05, 3.63) is 23.3 Å². The molecule has 0 aromatic heterocycles. The van der Waals surface area contributed by atoms with Gasteiger partial charge in [0.15, 0.2) is 0 Å². The summed E-state index contributed by atoms with van der Waals surface area (Å²) in [6.45, 7) is 0. The number of fused-ring (bicyclic) bond motifs is 1. The van der Waals surface area contributed by atoms with Crippen LogP contribution in [0.3, 0.4) is 0 Å². The number of ether oxygens (including phenoxy) is 1. The van der Waals surface area contributed by atoms with Gasteiger partial charge in [-0.15, -0.1) is 0 Å². The molecule has 0 atom stereocenters. The van der Waals surface area contributed by atoms with Gasteiger partial charge in [0.1, 0.15) is 11.3 Å². The van der Waals surface area contributed by atoms with Gasteiger partial charge < -0.3 is 14.7 Å². The van der Waals surface area contributed by atoms with Gasteiger partial charge in [0.25, 0.3) is 0 Å². The van der Waals surface area contributed by atoms with Gasteiger partial charge in [0.2, 0.25) is 5.91 Å². The van der Waals surface area contributed by atoms with Gasteiger partial charge in [0, 0.05) is 19.2 Å². The minimum Gasteiger partial charge on any atom is -0.496 e. The molecule has 1 heterocycles. The maximum Gasteiger partial charge on any atom is 0.339 e. The number of amides is 1. The standard InChI is InChI=1S/C12H13NO4/c1-13-9-6-8(12(15)16)10(17-2)5-7(9)3-4-11(13)14/h5-6H,3-4H2,1-2H3,(H,15,16). The smallest absolute Gasteiger partial charge is 0.339 e. The van der Waals surface area contributed by atoms with E-state index in [2.05, 4.69) is 0 Å². The van der Waals surface area contributed by atoms with Crippen LogP contribution in [0.15, 0.2) is 12.1 Å². The lowest BCUT2D eigenvalue weighted by molar-refractivity contribution is -0.118. The number of benzene rings is 1. The first-order chi connectivity index (χ1) is 8.04. The van der Waals surface area contributed by atoms with Crippen molar-refractivity contribution in [3.8, 4) is 5.75 Å². The topological polar surface area (TPSA) is 66.8 Å². The van der Waals surface area contributed by atoms with E-state index in [0.717, 1.165) is 5.56 Å². The lowest BCUT2D eigenvalue weighted by Crippen LogP contribution is -2.31. The normalized spacial score (nSPS) is 14.5. The summed E-state index contributed by atoms with van der Waals surface area (Å²) in [5.41, 5.74) is 1.67. The fraction of sp³-hybridized carbons (Fsp3) is 0.333. The quantitative estimate of drug-likeness (QED) is 0.839. The molecule has 1 aromatic rings. The molecule has 1 amide bonds. The summed E-state index contributed by atoms with van der Waals surface area (Å²) in [5, 5.41) is 9.07. The van der Waals surface area contributed by atoms with Crippen molar-refractivity contribution in [1.29, 1.82) is 0 Å². The Labute approximate surface area is 98.6 Å². The minimum atomic E-state index is -1.06. The SMILES string of the molecule is COc1cc2c(cc1C(=O)O)N(C)C(=O)CC2. The van der Waals surface area contributed by atoms with Crippen molar-refractivity contribution >= 4 is 17.6 Å². The van der Waals surface area contributed by atoms with Gasteiger partial charge in [-0.25, -0.2) is 4.79 Å². The van der Waals surface area contributed by atoms with Crippen LogP contribution in [-0.4, -0.2) is 31.1 Å². The second-order valence-electron chi connectivity index (χ2n) is 3.94. The highest BCUT2D eigenvalue weighted by molar-refractivity contribution is 5.99. The number of aryl methyl sites for hydroxylation is 1. The van der Waals surface area contributed by atoms with Gasteiger partial charge in [-0.2, -0.15) is 0 Å². The highest BCUT2D eigenvalue weighted by Crippen LogP contribution is 2.33. The summed E-state index contributed by atoms with van der Waals surface area (Å²) >= 11 is 0. The Bertz CT molecular complexity index is 496. The highest BCUT2D eigenvalue weighted by Gasteiger charge is 2.24. The molecule has 2 rings (SSSR count). The van der Waals surface area contributed by atoms with E-state index in [4.69, 9.17) is 9.84 Å².